The Morgan fingerprint density at radius 1 is 1.08 bits per heavy atom. The molecule has 2 heterocycles. The van der Waals surface area contributed by atoms with Gasteiger partial charge in [-0.25, -0.2) is 4.98 Å². The summed E-state index contributed by atoms with van der Waals surface area (Å²) >= 11 is 7.44. The molecule has 0 aliphatic carbocycles. The number of amides is 1. The number of aliphatic hydroxyl groups is 1. The summed E-state index contributed by atoms with van der Waals surface area (Å²) in [7, 11) is 0. The number of aromatic nitrogens is 1. The number of halogens is 1. The smallest absolute Gasteiger partial charge is 0.301 e. The number of aryl methyl sites for hydroxylation is 1. The molecule has 8 heteroatoms. The Bertz CT molecular complexity index is 1490. The number of thiazole rings is 1. The van der Waals surface area contributed by atoms with E-state index in [-0.39, 0.29) is 11.3 Å². The maximum absolute atomic E-state index is 13.4. The third-order valence-electron chi connectivity index (χ3n) is 5.97. The monoisotopic (exact) mass is 518 g/mol. The molecule has 1 saturated heterocycles. The molecule has 0 bridgehead atoms. The lowest BCUT2D eigenvalue weighted by molar-refractivity contribution is -0.132. The lowest BCUT2D eigenvalue weighted by atomic mass is 9.95. The van der Waals surface area contributed by atoms with E-state index in [0.29, 0.717) is 33.6 Å². The summed E-state index contributed by atoms with van der Waals surface area (Å²) < 4.78 is 6.53. The predicted molar refractivity (Wildman–Crippen MR) is 143 cm³/mol. The van der Waals surface area contributed by atoms with Crippen molar-refractivity contribution in [3.63, 3.8) is 0 Å². The molecule has 1 fully saturated rings. The first-order chi connectivity index (χ1) is 17.4. The van der Waals surface area contributed by atoms with Gasteiger partial charge >= 0.3 is 5.91 Å². The van der Waals surface area contributed by atoms with Gasteiger partial charge in [-0.1, -0.05) is 48.1 Å². The van der Waals surface area contributed by atoms with Crippen LogP contribution >= 0.6 is 22.9 Å². The first kappa shape index (κ1) is 24.0. The molecular weight excluding hydrogens is 496 g/mol. The number of carbonyl (C=O) groups excluding carboxylic acids is 2. The molecule has 182 valence electrons. The summed E-state index contributed by atoms with van der Waals surface area (Å²) in [4.78, 5) is 32.7. The standard InChI is InChI=1S/C28H23ClN2O4S/c1-3-14-35-20-11-7-18(8-12-20)25(32)23-24(17-5-9-19(29)10-6-17)31(27(34)26(23)33)28-30-21-13-4-16(2)15-22(21)36-28/h4-13,15,24,32H,3,14H2,1-2H3. The highest BCUT2D eigenvalue weighted by Gasteiger charge is 2.48. The number of Topliss-reactive ketones (excluding diaryl/α,β-unsaturated/α-hetero) is 1. The van der Waals surface area contributed by atoms with Crippen LogP contribution in [-0.2, 0) is 9.59 Å². The van der Waals surface area contributed by atoms with E-state index in [9.17, 15) is 14.7 Å². The van der Waals surface area contributed by atoms with Crippen LogP contribution < -0.4 is 9.64 Å². The van der Waals surface area contributed by atoms with E-state index >= 15 is 0 Å². The Kier molecular flexibility index (Phi) is 6.51. The van der Waals surface area contributed by atoms with Crippen molar-refractivity contribution in [2.75, 3.05) is 11.5 Å². The zero-order valence-electron chi connectivity index (χ0n) is 19.7. The molecule has 1 amide bonds. The van der Waals surface area contributed by atoms with Crippen LogP contribution in [0.1, 0.15) is 36.1 Å². The Labute approximate surface area is 217 Å². The van der Waals surface area contributed by atoms with Gasteiger partial charge in [-0.2, -0.15) is 0 Å². The number of benzene rings is 3. The first-order valence-corrected chi connectivity index (χ1v) is 12.7. The summed E-state index contributed by atoms with van der Waals surface area (Å²) in [5.41, 5.74) is 2.86. The lowest BCUT2D eigenvalue weighted by Gasteiger charge is -2.23. The van der Waals surface area contributed by atoms with Crippen LogP contribution in [0.5, 0.6) is 5.75 Å². The zero-order chi connectivity index (χ0) is 25.4. The second-order valence-corrected chi connectivity index (χ2v) is 10.0. The maximum atomic E-state index is 13.4. The number of hydrogen-bond acceptors (Lipinski definition) is 6. The molecule has 1 aliphatic heterocycles. The summed E-state index contributed by atoms with van der Waals surface area (Å²) in [6.07, 6.45) is 0.873. The van der Waals surface area contributed by atoms with E-state index in [4.69, 9.17) is 16.3 Å². The van der Waals surface area contributed by atoms with Gasteiger partial charge in [0.1, 0.15) is 11.5 Å². The van der Waals surface area contributed by atoms with Crippen molar-refractivity contribution < 1.29 is 19.4 Å². The second kappa shape index (κ2) is 9.76. The van der Waals surface area contributed by atoms with Gasteiger partial charge in [0.05, 0.1) is 28.4 Å². The number of carbonyl (C=O) groups is 2. The van der Waals surface area contributed by atoms with E-state index in [1.54, 1.807) is 48.5 Å². The van der Waals surface area contributed by atoms with Gasteiger partial charge < -0.3 is 9.84 Å². The van der Waals surface area contributed by atoms with Crippen molar-refractivity contribution in [1.29, 1.82) is 0 Å². The first-order valence-electron chi connectivity index (χ1n) is 11.5. The quantitative estimate of drug-likeness (QED) is 0.175. The molecule has 36 heavy (non-hydrogen) atoms. The number of ketones is 1. The Morgan fingerprint density at radius 3 is 2.50 bits per heavy atom. The van der Waals surface area contributed by atoms with E-state index in [1.807, 2.05) is 32.0 Å². The normalized spacial score (nSPS) is 17.2. The Balaban J connectivity index is 1.65. The van der Waals surface area contributed by atoms with E-state index in [2.05, 4.69) is 4.98 Å². The number of anilines is 1. The van der Waals surface area contributed by atoms with Crippen LogP contribution in [0.25, 0.3) is 16.0 Å². The molecule has 5 rings (SSSR count). The van der Waals surface area contributed by atoms with E-state index in [0.717, 1.165) is 22.2 Å². The molecule has 3 aromatic carbocycles. The minimum atomic E-state index is -0.861. The molecule has 1 aliphatic rings. The van der Waals surface area contributed by atoms with Gasteiger partial charge in [-0.3, -0.25) is 14.5 Å². The molecule has 1 unspecified atom stereocenters. The van der Waals surface area contributed by atoms with Crippen molar-refractivity contribution in [1.82, 2.24) is 4.98 Å². The van der Waals surface area contributed by atoms with E-state index < -0.39 is 17.7 Å². The van der Waals surface area contributed by atoms with Crippen LogP contribution in [-0.4, -0.2) is 28.4 Å². The highest BCUT2D eigenvalue weighted by atomic mass is 35.5. The predicted octanol–water partition coefficient (Wildman–Crippen LogP) is 6.67. The SMILES string of the molecule is CCCOc1ccc(C(O)=C2C(=O)C(=O)N(c3nc4ccc(C)cc4s3)C2c2ccc(Cl)cc2)cc1. The minimum absolute atomic E-state index is 0.0000133. The number of ether oxygens (including phenoxy) is 1. The minimum Gasteiger partial charge on any atom is -0.507 e. The fraction of sp³-hybridized carbons (Fsp3) is 0.179. The fourth-order valence-corrected chi connectivity index (χ4v) is 5.41. The fourth-order valence-electron chi connectivity index (χ4n) is 4.20. The van der Waals surface area contributed by atoms with Crippen LogP contribution in [0.4, 0.5) is 5.13 Å². The van der Waals surface area contributed by atoms with Gasteiger partial charge in [0, 0.05) is 10.6 Å². The highest BCUT2D eigenvalue weighted by Crippen LogP contribution is 2.44. The summed E-state index contributed by atoms with van der Waals surface area (Å²) in [5, 5.41) is 12.2. The largest absolute Gasteiger partial charge is 0.507 e. The molecular formula is C28H23ClN2O4S. The third-order valence-corrected chi connectivity index (χ3v) is 7.24. The van der Waals surface area contributed by atoms with Gasteiger partial charge in [-0.15, -0.1) is 0 Å². The summed E-state index contributed by atoms with van der Waals surface area (Å²) in [6, 6.07) is 18.7. The Morgan fingerprint density at radius 2 is 1.81 bits per heavy atom. The molecule has 0 spiro atoms. The maximum Gasteiger partial charge on any atom is 0.301 e. The number of aliphatic hydroxyl groups excluding tert-OH is 1. The van der Waals surface area contributed by atoms with Crippen molar-refractivity contribution in [2.45, 2.75) is 26.3 Å². The van der Waals surface area contributed by atoms with E-state index in [1.165, 1.54) is 16.2 Å². The summed E-state index contributed by atoms with van der Waals surface area (Å²) in [5.74, 6) is -1.10. The van der Waals surface area contributed by atoms with Crippen molar-refractivity contribution in [2.24, 2.45) is 0 Å². The van der Waals surface area contributed by atoms with Gasteiger partial charge in [0.15, 0.2) is 5.13 Å². The Hall–Kier alpha value is -3.68. The van der Waals surface area contributed by atoms with Crippen LogP contribution in [0.15, 0.2) is 72.3 Å². The molecule has 0 saturated carbocycles. The van der Waals surface area contributed by atoms with Crippen molar-refractivity contribution >= 4 is 55.7 Å². The van der Waals surface area contributed by atoms with Crippen molar-refractivity contribution in [3.8, 4) is 5.75 Å². The average Bonchev–Trinajstić information content (AvgIpc) is 3.40. The molecule has 1 atom stereocenters. The second-order valence-electron chi connectivity index (χ2n) is 8.56. The zero-order valence-corrected chi connectivity index (χ0v) is 21.3. The highest BCUT2D eigenvalue weighted by molar-refractivity contribution is 7.22. The topological polar surface area (TPSA) is 79.7 Å². The lowest BCUT2D eigenvalue weighted by Crippen LogP contribution is -2.29. The number of hydrogen-bond donors (Lipinski definition) is 1. The van der Waals surface area contributed by atoms with Gasteiger partial charge in [0.2, 0.25) is 0 Å². The van der Waals surface area contributed by atoms with Crippen LogP contribution in [0.3, 0.4) is 0 Å². The third kappa shape index (κ3) is 4.36. The van der Waals surface area contributed by atoms with Crippen LogP contribution in [0, 0.1) is 6.92 Å². The molecule has 1 N–H and O–H groups in total. The molecule has 6 nitrogen and oxygen atoms in total. The van der Waals surface area contributed by atoms with Crippen molar-refractivity contribution in [3.05, 3.63) is 94.0 Å². The van der Waals surface area contributed by atoms with Crippen LogP contribution in [0.2, 0.25) is 5.02 Å². The average molecular weight is 519 g/mol. The van der Waals surface area contributed by atoms with Gasteiger partial charge in [0.25, 0.3) is 5.78 Å². The molecule has 4 aromatic rings. The summed E-state index contributed by atoms with van der Waals surface area (Å²) in [6.45, 7) is 4.58. The molecule has 1 aromatic heterocycles. The number of fused-ring (bicyclic) bond motifs is 1. The van der Waals surface area contributed by atoms with Gasteiger partial charge in [-0.05, 0) is 73.0 Å². The molecule has 0 radical (unpaired) electrons. The number of rotatable bonds is 6. The number of nitrogens with zero attached hydrogens (tertiary/aromatic N) is 2.